The lowest BCUT2D eigenvalue weighted by molar-refractivity contribution is -0.117. The number of ether oxygens (including phenoxy) is 1. The Morgan fingerprint density at radius 1 is 1.18 bits per heavy atom. The number of hydrogen-bond donors (Lipinski definition) is 2. The van der Waals surface area contributed by atoms with Gasteiger partial charge in [0.1, 0.15) is 17.0 Å². The van der Waals surface area contributed by atoms with Gasteiger partial charge in [-0.1, -0.05) is 68.9 Å². The molecule has 1 saturated heterocycles. The van der Waals surface area contributed by atoms with Gasteiger partial charge in [-0.25, -0.2) is 0 Å². The summed E-state index contributed by atoms with van der Waals surface area (Å²) in [6.07, 6.45) is 15.4. The molecule has 8 heteroatoms. The number of nitrogens with one attached hydrogen (secondary N) is 1. The van der Waals surface area contributed by atoms with Crippen molar-refractivity contribution in [2.75, 3.05) is 18.0 Å². The van der Waals surface area contributed by atoms with Gasteiger partial charge in [0.15, 0.2) is 0 Å². The highest BCUT2D eigenvalue weighted by atomic mass is 16.5. The number of amides is 2. The quantitative estimate of drug-likeness (QED) is 0.311. The van der Waals surface area contributed by atoms with E-state index < -0.39 is 5.91 Å². The molecule has 1 saturated carbocycles. The molecule has 0 bridgehead atoms. The predicted molar refractivity (Wildman–Crippen MR) is 177 cm³/mol. The molecule has 1 aromatic carbocycles. The molecular weight excluding hydrogens is 552 g/mol. The zero-order valence-electron chi connectivity index (χ0n) is 26.6. The average molecular weight is 601 g/mol. The van der Waals surface area contributed by atoms with Gasteiger partial charge in [0.05, 0.1) is 5.56 Å². The SMILES string of the molecule is C=C/C=C\C(=C)CCNC1CC(C)(C)Oc2ccc(CC)cc21.NC(=O)c1cc(N2CCCC2=O)c(=O)n(C2CCCC2)c1. The lowest BCUT2D eigenvalue weighted by Crippen LogP contribution is -2.39. The van der Waals surface area contributed by atoms with Crippen LogP contribution in [-0.2, 0) is 11.2 Å². The lowest BCUT2D eigenvalue weighted by atomic mass is 9.88. The minimum atomic E-state index is -0.574. The van der Waals surface area contributed by atoms with Crippen LogP contribution in [0.2, 0.25) is 0 Å². The van der Waals surface area contributed by atoms with Crippen molar-refractivity contribution in [2.24, 2.45) is 5.73 Å². The number of rotatable bonds is 10. The molecule has 44 heavy (non-hydrogen) atoms. The Labute approximate surface area is 261 Å². The first kappa shape index (κ1) is 33.0. The van der Waals surface area contributed by atoms with Gasteiger partial charge in [0, 0.05) is 43.2 Å². The minimum Gasteiger partial charge on any atom is -0.487 e. The summed E-state index contributed by atoms with van der Waals surface area (Å²) >= 11 is 0. The zero-order valence-corrected chi connectivity index (χ0v) is 26.6. The van der Waals surface area contributed by atoms with Crippen molar-refractivity contribution in [3.05, 3.63) is 94.5 Å². The molecule has 1 unspecified atom stereocenters. The van der Waals surface area contributed by atoms with E-state index in [4.69, 9.17) is 10.5 Å². The summed E-state index contributed by atoms with van der Waals surface area (Å²) in [5.41, 5.74) is 9.39. The molecule has 2 fully saturated rings. The largest absolute Gasteiger partial charge is 0.487 e. The van der Waals surface area contributed by atoms with Crippen molar-refractivity contribution in [1.82, 2.24) is 9.88 Å². The van der Waals surface area contributed by atoms with Gasteiger partial charge in [-0.15, -0.1) is 0 Å². The van der Waals surface area contributed by atoms with Gasteiger partial charge < -0.3 is 25.3 Å². The number of fused-ring (bicyclic) bond motifs is 1. The Bertz CT molecular complexity index is 1460. The van der Waals surface area contributed by atoms with Crippen molar-refractivity contribution >= 4 is 17.5 Å². The van der Waals surface area contributed by atoms with Gasteiger partial charge >= 0.3 is 0 Å². The molecule has 8 nitrogen and oxygen atoms in total. The number of benzene rings is 1. The highest BCUT2D eigenvalue weighted by molar-refractivity contribution is 5.98. The van der Waals surface area contributed by atoms with E-state index >= 15 is 0 Å². The third-order valence-corrected chi connectivity index (χ3v) is 8.64. The molecule has 2 amide bonds. The first-order valence-corrected chi connectivity index (χ1v) is 15.9. The lowest BCUT2D eigenvalue weighted by Gasteiger charge is -2.38. The van der Waals surface area contributed by atoms with E-state index in [2.05, 4.69) is 57.4 Å². The topological polar surface area (TPSA) is 107 Å². The molecule has 3 heterocycles. The Morgan fingerprint density at radius 2 is 1.93 bits per heavy atom. The first-order chi connectivity index (χ1) is 21.0. The second-order valence-corrected chi connectivity index (χ2v) is 12.6. The van der Waals surface area contributed by atoms with Crippen molar-refractivity contribution in [3.63, 3.8) is 0 Å². The zero-order chi connectivity index (χ0) is 31.9. The Balaban J connectivity index is 0.000000201. The molecule has 2 aliphatic heterocycles. The number of nitrogens with zero attached hydrogens (tertiary/aromatic N) is 2. The van der Waals surface area contributed by atoms with E-state index in [9.17, 15) is 14.4 Å². The molecule has 1 atom stereocenters. The summed E-state index contributed by atoms with van der Waals surface area (Å²) in [5.74, 6) is 0.377. The molecular formula is C36H48N4O4. The number of aryl methyl sites for hydroxylation is 1. The van der Waals surface area contributed by atoms with Crippen LogP contribution in [0.15, 0.2) is 72.2 Å². The third-order valence-electron chi connectivity index (χ3n) is 8.64. The van der Waals surface area contributed by atoms with Gasteiger partial charge in [0.25, 0.3) is 5.56 Å². The average Bonchev–Trinajstić information content (AvgIpc) is 3.68. The molecule has 2 aromatic rings. The van der Waals surface area contributed by atoms with Gasteiger partial charge in [0.2, 0.25) is 11.8 Å². The van der Waals surface area contributed by atoms with Crippen LogP contribution in [0.4, 0.5) is 5.69 Å². The van der Waals surface area contributed by atoms with E-state index in [1.54, 1.807) is 16.8 Å². The van der Waals surface area contributed by atoms with Crippen LogP contribution in [-0.4, -0.2) is 35.1 Å². The maximum atomic E-state index is 12.7. The number of hydrogen-bond acceptors (Lipinski definition) is 5. The molecule has 1 aromatic heterocycles. The second-order valence-electron chi connectivity index (χ2n) is 12.6. The molecule has 3 aliphatic rings. The van der Waals surface area contributed by atoms with E-state index in [0.717, 1.165) is 69.2 Å². The number of allylic oxidation sites excluding steroid dienone is 3. The van der Waals surface area contributed by atoms with Crippen molar-refractivity contribution in [1.29, 1.82) is 0 Å². The van der Waals surface area contributed by atoms with E-state index in [1.807, 2.05) is 12.2 Å². The smallest absolute Gasteiger partial charge is 0.274 e. The standard InChI is InChI=1S/C21H29NO.C15H19N3O3/c1-6-8-9-16(3)12-13-22-19-15-21(4,5)23-20-11-10-17(7-2)14-18(19)20;16-14(20)10-8-12(17-7-3-6-13(17)19)15(21)18(9-10)11-4-1-2-5-11/h6,8-11,14,19,22H,1,3,7,12-13,15H2,2,4-5H3;8-9,11H,1-7H2,(H2,16,20)/b9-8-;. The highest BCUT2D eigenvalue weighted by Crippen LogP contribution is 2.40. The van der Waals surface area contributed by atoms with Crippen LogP contribution < -0.4 is 26.2 Å². The number of carbonyl (C=O) groups is 2. The van der Waals surface area contributed by atoms with Gasteiger partial charge in [-0.3, -0.25) is 14.4 Å². The second kappa shape index (κ2) is 14.7. The number of carbonyl (C=O) groups excluding carboxylic acids is 2. The Hall–Kier alpha value is -3.91. The number of aromatic nitrogens is 1. The highest BCUT2D eigenvalue weighted by Gasteiger charge is 2.33. The normalized spacial score (nSPS) is 19.3. The molecule has 236 valence electrons. The summed E-state index contributed by atoms with van der Waals surface area (Å²) in [5, 5.41) is 3.69. The van der Waals surface area contributed by atoms with E-state index in [0.29, 0.717) is 24.7 Å². The van der Waals surface area contributed by atoms with Crippen molar-refractivity contribution in [2.45, 2.75) is 96.2 Å². The fourth-order valence-corrected chi connectivity index (χ4v) is 6.27. The van der Waals surface area contributed by atoms with Crippen molar-refractivity contribution < 1.29 is 14.3 Å². The molecule has 0 radical (unpaired) electrons. The van der Waals surface area contributed by atoms with Crippen molar-refractivity contribution in [3.8, 4) is 5.75 Å². The minimum absolute atomic E-state index is 0.0632. The molecule has 1 aliphatic carbocycles. The summed E-state index contributed by atoms with van der Waals surface area (Å²) in [7, 11) is 0. The Kier molecular flexibility index (Phi) is 11.0. The fourth-order valence-electron chi connectivity index (χ4n) is 6.27. The number of nitrogens with two attached hydrogens (primary N) is 1. The van der Waals surface area contributed by atoms with Crippen LogP contribution in [0, 0.1) is 0 Å². The summed E-state index contributed by atoms with van der Waals surface area (Å²) in [4.78, 5) is 37.6. The Morgan fingerprint density at radius 3 is 2.57 bits per heavy atom. The van der Waals surface area contributed by atoms with Gasteiger partial charge in [-0.2, -0.15) is 0 Å². The van der Waals surface area contributed by atoms with Crippen LogP contribution in [0.3, 0.4) is 0 Å². The summed E-state index contributed by atoms with van der Waals surface area (Å²) < 4.78 is 7.75. The van der Waals surface area contributed by atoms with Crippen LogP contribution in [0.5, 0.6) is 5.75 Å². The summed E-state index contributed by atoms with van der Waals surface area (Å²) in [6, 6.07) is 8.47. The third kappa shape index (κ3) is 8.17. The monoisotopic (exact) mass is 600 g/mol. The van der Waals surface area contributed by atoms with Gasteiger partial charge in [-0.05, 0) is 70.2 Å². The molecule has 0 spiro atoms. The number of anilines is 1. The fraction of sp³-hybridized carbons (Fsp3) is 0.472. The number of pyridine rings is 1. The predicted octanol–water partition coefficient (Wildman–Crippen LogP) is 6.32. The maximum Gasteiger partial charge on any atom is 0.274 e. The first-order valence-electron chi connectivity index (χ1n) is 15.9. The van der Waals surface area contributed by atoms with Crippen LogP contribution >= 0.6 is 0 Å². The molecule has 5 rings (SSSR count). The van der Waals surface area contributed by atoms with Crippen LogP contribution in [0.25, 0.3) is 0 Å². The molecule has 3 N–H and O–H groups in total. The maximum absolute atomic E-state index is 12.7. The number of primary amides is 1. The van der Waals surface area contributed by atoms with E-state index in [-0.39, 0.29) is 28.7 Å². The summed E-state index contributed by atoms with van der Waals surface area (Å²) in [6.45, 7) is 15.7. The van der Waals surface area contributed by atoms with E-state index in [1.165, 1.54) is 22.1 Å². The van der Waals surface area contributed by atoms with Crippen LogP contribution in [0.1, 0.15) is 106 Å².